The summed E-state index contributed by atoms with van der Waals surface area (Å²) in [5.74, 6) is 0.662. The summed E-state index contributed by atoms with van der Waals surface area (Å²) in [6, 6.07) is 8.18. The van der Waals surface area contributed by atoms with Crippen LogP contribution >= 0.6 is 0 Å². The van der Waals surface area contributed by atoms with Crippen LogP contribution in [0.4, 0.5) is 0 Å². The van der Waals surface area contributed by atoms with Crippen molar-refractivity contribution >= 4 is 5.91 Å². The number of rotatable bonds is 5. The molecule has 0 unspecified atom stereocenters. The minimum atomic E-state index is -0.174. The molecular formula is C15H22N2O2. The Hall–Kier alpha value is -1.55. The number of carbonyl (C=O) groups is 1. The lowest BCUT2D eigenvalue weighted by atomic mass is 9.84. The molecule has 0 radical (unpaired) electrons. The maximum atomic E-state index is 11.4. The highest BCUT2D eigenvalue weighted by Crippen LogP contribution is 2.24. The molecule has 0 bridgehead atoms. The first-order valence-corrected chi connectivity index (χ1v) is 6.86. The van der Waals surface area contributed by atoms with E-state index in [4.69, 9.17) is 10.5 Å². The normalized spacial score (nSPS) is 23.0. The van der Waals surface area contributed by atoms with Crippen molar-refractivity contribution in [1.82, 2.24) is 5.32 Å². The van der Waals surface area contributed by atoms with Crippen LogP contribution in [0.25, 0.3) is 0 Å². The maximum Gasteiger partial charge on any atom is 0.222 e. The predicted octanol–water partition coefficient (Wildman–Crippen LogP) is 1.83. The summed E-state index contributed by atoms with van der Waals surface area (Å²) < 4.78 is 5.13. The van der Waals surface area contributed by atoms with E-state index in [1.165, 1.54) is 12.0 Å². The molecule has 1 amide bonds. The third-order valence-corrected chi connectivity index (χ3v) is 3.86. The zero-order valence-corrected chi connectivity index (χ0v) is 11.4. The monoisotopic (exact) mass is 262 g/mol. The van der Waals surface area contributed by atoms with Crippen molar-refractivity contribution < 1.29 is 9.53 Å². The molecule has 0 aliphatic heterocycles. The second kappa shape index (κ2) is 6.57. The predicted molar refractivity (Wildman–Crippen MR) is 74.8 cm³/mol. The van der Waals surface area contributed by atoms with Crippen molar-refractivity contribution in [1.29, 1.82) is 0 Å². The van der Waals surface area contributed by atoms with Crippen molar-refractivity contribution in [3.05, 3.63) is 29.8 Å². The lowest BCUT2D eigenvalue weighted by Crippen LogP contribution is -2.44. The molecule has 2 atom stereocenters. The first-order valence-electron chi connectivity index (χ1n) is 6.86. The fraction of sp³-hybridized carbons (Fsp3) is 0.533. The van der Waals surface area contributed by atoms with Gasteiger partial charge in [-0.3, -0.25) is 4.79 Å². The Labute approximate surface area is 114 Å². The first-order chi connectivity index (χ1) is 9.20. The molecule has 4 nitrogen and oxygen atoms in total. The summed E-state index contributed by atoms with van der Waals surface area (Å²) >= 11 is 0. The number of amides is 1. The van der Waals surface area contributed by atoms with E-state index in [0.717, 1.165) is 31.6 Å². The van der Waals surface area contributed by atoms with Gasteiger partial charge in [-0.1, -0.05) is 25.0 Å². The van der Waals surface area contributed by atoms with Gasteiger partial charge in [-0.2, -0.15) is 0 Å². The van der Waals surface area contributed by atoms with Crippen LogP contribution in [-0.2, 0) is 11.3 Å². The van der Waals surface area contributed by atoms with Crippen molar-refractivity contribution in [3.63, 3.8) is 0 Å². The molecule has 1 aromatic rings. The maximum absolute atomic E-state index is 11.4. The summed E-state index contributed by atoms with van der Waals surface area (Å²) in [5, 5.41) is 3.47. The number of methoxy groups -OCH3 is 1. The van der Waals surface area contributed by atoms with Gasteiger partial charge in [0.25, 0.3) is 0 Å². The lowest BCUT2D eigenvalue weighted by Gasteiger charge is -2.30. The molecule has 1 aromatic carbocycles. The molecule has 19 heavy (non-hydrogen) atoms. The van der Waals surface area contributed by atoms with Gasteiger partial charge < -0.3 is 15.8 Å². The van der Waals surface area contributed by atoms with Crippen molar-refractivity contribution in [2.45, 2.75) is 38.3 Å². The van der Waals surface area contributed by atoms with E-state index >= 15 is 0 Å². The highest BCUT2D eigenvalue weighted by molar-refractivity contribution is 5.77. The van der Waals surface area contributed by atoms with Gasteiger partial charge in [-0.15, -0.1) is 0 Å². The lowest BCUT2D eigenvalue weighted by molar-refractivity contribution is -0.123. The van der Waals surface area contributed by atoms with Crippen LogP contribution in [0.1, 0.15) is 31.2 Å². The van der Waals surface area contributed by atoms with E-state index in [1.807, 2.05) is 24.3 Å². The van der Waals surface area contributed by atoms with Gasteiger partial charge in [-0.25, -0.2) is 0 Å². The topological polar surface area (TPSA) is 64.3 Å². The standard InChI is InChI=1S/C15H22N2O2/c1-19-12-8-6-11(7-9-12)10-17-14-5-3-2-4-13(14)15(16)18/h6-9,13-14,17H,2-5,10H2,1H3,(H2,16,18)/t13-,14+/m0/s1. The van der Waals surface area contributed by atoms with Gasteiger partial charge in [0, 0.05) is 12.6 Å². The molecule has 0 heterocycles. The molecule has 0 saturated heterocycles. The summed E-state index contributed by atoms with van der Waals surface area (Å²) in [5.41, 5.74) is 6.66. The Morgan fingerprint density at radius 1 is 1.32 bits per heavy atom. The Balaban J connectivity index is 1.90. The number of nitrogens with two attached hydrogens (primary N) is 1. The van der Waals surface area contributed by atoms with Crippen LogP contribution < -0.4 is 15.8 Å². The minimum absolute atomic E-state index is 0.0213. The molecular weight excluding hydrogens is 240 g/mol. The molecule has 1 fully saturated rings. The number of carbonyl (C=O) groups excluding carboxylic acids is 1. The van der Waals surface area contributed by atoms with Crippen LogP contribution in [0, 0.1) is 5.92 Å². The fourth-order valence-electron chi connectivity index (χ4n) is 2.71. The molecule has 0 spiro atoms. The van der Waals surface area contributed by atoms with Crippen LogP contribution in [0.15, 0.2) is 24.3 Å². The second-order valence-corrected chi connectivity index (χ2v) is 5.13. The summed E-state index contributed by atoms with van der Waals surface area (Å²) in [7, 11) is 1.66. The van der Waals surface area contributed by atoms with E-state index in [9.17, 15) is 4.79 Å². The van der Waals surface area contributed by atoms with Crippen molar-refractivity contribution in [2.24, 2.45) is 11.7 Å². The van der Waals surface area contributed by atoms with Gasteiger partial charge in [0.15, 0.2) is 0 Å². The van der Waals surface area contributed by atoms with Crippen molar-refractivity contribution in [3.8, 4) is 5.75 Å². The summed E-state index contributed by atoms with van der Waals surface area (Å²) in [6.45, 7) is 0.762. The molecule has 1 aliphatic rings. The van der Waals surface area contributed by atoms with E-state index in [1.54, 1.807) is 7.11 Å². The van der Waals surface area contributed by atoms with Crippen LogP contribution in [0.2, 0.25) is 0 Å². The zero-order valence-electron chi connectivity index (χ0n) is 11.4. The number of primary amides is 1. The average Bonchev–Trinajstić information content (AvgIpc) is 2.46. The van der Waals surface area contributed by atoms with Crippen LogP contribution in [0.3, 0.4) is 0 Å². The van der Waals surface area contributed by atoms with Gasteiger partial charge >= 0.3 is 0 Å². The molecule has 1 aliphatic carbocycles. The van der Waals surface area contributed by atoms with Crippen molar-refractivity contribution in [2.75, 3.05) is 7.11 Å². The number of ether oxygens (including phenoxy) is 1. The second-order valence-electron chi connectivity index (χ2n) is 5.13. The Morgan fingerprint density at radius 3 is 2.63 bits per heavy atom. The molecule has 0 aromatic heterocycles. The summed E-state index contributed by atoms with van der Waals surface area (Å²) in [6.07, 6.45) is 4.22. The van der Waals surface area contributed by atoms with Gasteiger partial charge in [0.2, 0.25) is 5.91 Å². The van der Waals surface area contributed by atoms with E-state index < -0.39 is 0 Å². The molecule has 2 rings (SSSR count). The third kappa shape index (κ3) is 3.70. The van der Waals surface area contributed by atoms with E-state index in [-0.39, 0.29) is 17.9 Å². The fourth-order valence-corrected chi connectivity index (χ4v) is 2.71. The zero-order chi connectivity index (χ0) is 13.7. The van der Waals surface area contributed by atoms with E-state index in [0.29, 0.717) is 0 Å². The molecule has 3 N–H and O–H groups in total. The first kappa shape index (κ1) is 13.9. The largest absolute Gasteiger partial charge is 0.497 e. The number of benzene rings is 1. The Bertz CT molecular complexity index is 417. The quantitative estimate of drug-likeness (QED) is 0.851. The number of hydrogen-bond donors (Lipinski definition) is 2. The number of hydrogen-bond acceptors (Lipinski definition) is 3. The highest BCUT2D eigenvalue weighted by Gasteiger charge is 2.28. The highest BCUT2D eigenvalue weighted by atomic mass is 16.5. The average molecular weight is 262 g/mol. The summed E-state index contributed by atoms with van der Waals surface area (Å²) in [4.78, 5) is 11.4. The Kier molecular flexibility index (Phi) is 4.80. The molecule has 4 heteroatoms. The molecule has 104 valence electrons. The van der Waals surface area contributed by atoms with Gasteiger partial charge in [0.05, 0.1) is 13.0 Å². The number of nitrogens with one attached hydrogen (secondary N) is 1. The van der Waals surface area contributed by atoms with Gasteiger partial charge in [-0.05, 0) is 30.5 Å². The Morgan fingerprint density at radius 2 is 2.00 bits per heavy atom. The van der Waals surface area contributed by atoms with E-state index in [2.05, 4.69) is 5.32 Å². The SMILES string of the molecule is COc1ccc(CN[C@@H]2CCCC[C@@H]2C(N)=O)cc1. The van der Waals surface area contributed by atoms with Crippen LogP contribution in [-0.4, -0.2) is 19.1 Å². The smallest absolute Gasteiger partial charge is 0.222 e. The third-order valence-electron chi connectivity index (χ3n) is 3.86. The minimum Gasteiger partial charge on any atom is -0.497 e. The van der Waals surface area contributed by atoms with Crippen LogP contribution in [0.5, 0.6) is 5.75 Å². The van der Waals surface area contributed by atoms with Gasteiger partial charge in [0.1, 0.15) is 5.75 Å². The molecule has 1 saturated carbocycles.